The molecule has 0 radical (unpaired) electrons. The van der Waals surface area contributed by atoms with Crippen molar-refractivity contribution in [1.82, 2.24) is 0 Å². The highest BCUT2D eigenvalue weighted by Gasteiger charge is 1.87. The van der Waals surface area contributed by atoms with E-state index in [4.69, 9.17) is 16.7 Å². The van der Waals surface area contributed by atoms with E-state index in [1.807, 2.05) is 0 Å². The van der Waals surface area contributed by atoms with Crippen molar-refractivity contribution in [2.75, 3.05) is 6.61 Å². The molecule has 0 bridgehead atoms. The van der Waals surface area contributed by atoms with Gasteiger partial charge in [0.1, 0.15) is 0 Å². The first-order valence-electron chi connectivity index (χ1n) is 2.87. The van der Waals surface area contributed by atoms with Gasteiger partial charge in [-0.15, -0.1) is 6.58 Å². The summed E-state index contributed by atoms with van der Waals surface area (Å²) in [5.41, 5.74) is 0. The molecule has 0 aromatic rings. The first-order valence-corrected chi connectivity index (χ1v) is 3.25. The molecule has 1 nitrogen and oxygen atoms in total. The van der Waals surface area contributed by atoms with Gasteiger partial charge in [0.05, 0.1) is 6.61 Å². The highest BCUT2D eigenvalue weighted by molar-refractivity contribution is 6.29. The molecule has 52 valence electrons. The Labute approximate surface area is 60.6 Å². The third-order valence-corrected chi connectivity index (χ3v) is 1.24. The van der Waals surface area contributed by atoms with Crippen LogP contribution in [0.4, 0.5) is 0 Å². The average Bonchev–Trinajstić information content (AvgIpc) is 1.85. The summed E-state index contributed by atoms with van der Waals surface area (Å²) >= 11 is 5.61. The van der Waals surface area contributed by atoms with Crippen LogP contribution in [0.15, 0.2) is 23.8 Å². The van der Waals surface area contributed by atoms with E-state index in [1.165, 1.54) is 0 Å². The first-order chi connectivity index (χ1) is 4.31. The molecule has 0 aliphatic carbocycles. The molecule has 0 aliphatic rings. The lowest BCUT2D eigenvalue weighted by Crippen LogP contribution is -1.76. The molecule has 0 unspecified atom stereocenters. The number of hydrogen-bond acceptors (Lipinski definition) is 1. The monoisotopic (exact) mass is 146 g/mol. The predicted octanol–water partition coefficient (Wildman–Crippen LogP) is 2.07. The minimum absolute atomic E-state index is 0.0238. The fourth-order valence-electron chi connectivity index (χ4n) is 0.441. The van der Waals surface area contributed by atoms with Gasteiger partial charge in [0.25, 0.3) is 0 Å². The summed E-state index contributed by atoms with van der Waals surface area (Å²) in [5.74, 6) is 0. The Bertz CT molecular complexity index is 107. The van der Waals surface area contributed by atoms with Crippen LogP contribution in [0.5, 0.6) is 0 Å². The summed E-state index contributed by atoms with van der Waals surface area (Å²) in [5, 5.41) is 9.06. The van der Waals surface area contributed by atoms with E-state index in [0.717, 1.165) is 12.8 Å². The summed E-state index contributed by atoms with van der Waals surface area (Å²) in [4.78, 5) is 0. The molecule has 0 fully saturated rings. The van der Waals surface area contributed by atoms with E-state index in [0.29, 0.717) is 5.03 Å². The van der Waals surface area contributed by atoms with Gasteiger partial charge in [0, 0.05) is 5.03 Å². The zero-order chi connectivity index (χ0) is 7.11. The van der Waals surface area contributed by atoms with E-state index in [-0.39, 0.29) is 6.61 Å². The molecule has 0 spiro atoms. The van der Waals surface area contributed by atoms with Gasteiger partial charge in [-0.25, -0.2) is 0 Å². The molecular formula is C7H11ClO. The molecular weight excluding hydrogens is 136 g/mol. The highest BCUT2D eigenvalue weighted by atomic mass is 35.5. The van der Waals surface area contributed by atoms with Crippen molar-refractivity contribution >= 4 is 11.6 Å². The van der Waals surface area contributed by atoms with Crippen LogP contribution >= 0.6 is 11.6 Å². The van der Waals surface area contributed by atoms with Crippen LogP contribution in [0.25, 0.3) is 0 Å². The first kappa shape index (κ1) is 8.73. The fraction of sp³-hybridized carbons (Fsp3) is 0.429. The lowest BCUT2D eigenvalue weighted by atomic mass is 10.3. The maximum absolute atomic E-state index is 8.35. The minimum Gasteiger partial charge on any atom is -0.392 e. The average molecular weight is 147 g/mol. The Hall–Kier alpha value is -0.270. The standard InChI is InChI=1S/C7H11ClO/c1-2-3-4-7(8)5-6-9/h2,5,9H,1,3-4,6H2/b7-5-. The molecule has 0 saturated heterocycles. The lowest BCUT2D eigenvalue weighted by molar-refractivity contribution is 0.342. The number of allylic oxidation sites excluding steroid dienone is 2. The van der Waals surface area contributed by atoms with Crippen LogP contribution in [-0.4, -0.2) is 11.7 Å². The largest absolute Gasteiger partial charge is 0.392 e. The van der Waals surface area contributed by atoms with Crippen LogP contribution < -0.4 is 0 Å². The molecule has 0 aromatic carbocycles. The maximum atomic E-state index is 8.35. The normalized spacial score (nSPS) is 11.6. The topological polar surface area (TPSA) is 20.2 Å². The number of rotatable bonds is 4. The highest BCUT2D eigenvalue weighted by Crippen LogP contribution is 2.08. The maximum Gasteiger partial charge on any atom is 0.0626 e. The van der Waals surface area contributed by atoms with Gasteiger partial charge in [-0.1, -0.05) is 17.7 Å². The van der Waals surface area contributed by atoms with Gasteiger partial charge in [-0.2, -0.15) is 0 Å². The molecule has 0 amide bonds. The molecule has 0 atom stereocenters. The molecule has 1 N–H and O–H groups in total. The second-order valence-electron chi connectivity index (χ2n) is 1.66. The number of aliphatic hydroxyl groups excluding tert-OH is 1. The van der Waals surface area contributed by atoms with Crippen molar-refractivity contribution < 1.29 is 5.11 Å². The van der Waals surface area contributed by atoms with E-state index in [1.54, 1.807) is 12.2 Å². The molecule has 0 heterocycles. The van der Waals surface area contributed by atoms with Crippen molar-refractivity contribution in [3.8, 4) is 0 Å². The van der Waals surface area contributed by atoms with Crippen LogP contribution in [0.1, 0.15) is 12.8 Å². The second-order valence-corrected chi connectivity index (χ2v) is 2.15. The van der Waals surface area contributed by atoms with Crippen LogP contribution in [0.3, 0.4) is 0 Å². The Balaban J connectivity index is 3.36. The Kier molecular flexibility index (Phi) is 5.68. The summed E-state index contributed by atoms with van der Waals surface area (Å²) in [6, 6.07) is 0. The van der Waals surface area contributed by atoms with Crippen molar-refractivity contribution in [2.24, 2.45) is 0 Å². The zero-order valence-electron chi connectivity index (χ0n) is 5.31. The van der Waals surface area contributed by atoms with Crippen LogP contribution in [0.2, 0.25) is 0 Å². The van der Waals surface area contributed by atoms with Crippen molar-refractivity contribution in [2.45, 2.75) is 12.8 Å². The Morgan fingerprint density at radius 1 is 1.67 bits per heavy atom. The summed E-state index contributed by atoms with van der Waals surface area (Å²) in [6.45, 7) is 3.57. The van der Waals surface area contributed by atoms with Gasteiger partial charge < -0.3 is 5.11 Å². The van der Waals surface area contributed by atoms with Gasteiger partial charge in [0.2, 0.25) is 0 Å². The van der Waals surface area contributed by atoms with E-state index < -0.39 is 0 Å². The Morgan fingerprint density at radius 2 is 2.33 bits per heavy atom. The van der Waals surface area contributed by atoms with Crippen molar-refractivity contribution in [1.29, 1.82) is 0 Å². The molecule has 0 aliphatic heterocycles. The SMILES string of the molecule is C=CCC/C(Cl)=C/CO. The van der Waals surface area contributed by atoms with E-state index >= 15 is 0 Å². The van der Waals surface area contributed by atoms with Gasteiger partial charge in [-0.3, -0.25) is 0 Å². The summed E-state index contributed by atoms with van der Waals surface area (Å²) in [6.07, 6.45) is 5.04. The quantitative estimate of drug-likeness (QED) is 0.602. The summed E-state index contributed by atoms with van der Waals surface area (Å²) in [7, 11) is 0. The zero-order valence-corrected chi connectivity index (χ0v) is 6.06. The van der Waals surface area contributed by atoms with Crippen LogP contribution in [-0.2, 0) is 0 Å². The van der Waals surface area contributed by atoms with Gasteiger partial charge in [0.15, 0.2) is 0 Å². The van der Waals surface area contributed by atoms with E-state index in [9.17, 15) is 0 Å². The summed E-state index contributed by atoms with van der Waals surface area (Å²) < 4.78 is 0. The Morgan fingerprint density at radius 3 is 2.78 bits per heavy atom. The molecule has 2 heteroatoms. The van der Waals surface area contributed by atoms with Gasteiger partial charge >= 0.3 is 0 Å². The third kappa shape index (κ3) is 5.60. The molecule has 0 rings (SSSR count). The second kappa shape index (κ2) is 5.86. The minimum atomic E-state index is 0.0238. The van der Waals surface area contributed by atoms with Crippen molar-refractivity contribution in [3.05, 3.63) is 23.8 Å². The number of aliphatic hydroxyl groups is 1. The molecule has 0 aromatic heterocycles. The van der Waals surface area contributed by atoms with E-state index in [2.05, 4.69) is 6.58 Å². The number of halogens is 1. The van der Waals surface area contributed by atoms with Crippen LogP contribution in [0, 0.1) is 0 Å². The molecule has 0 saturated carbocycles. The molecule has 9 heavy (non-hydrogen) atoms. The number of hydrogen-bond donors (Lipinski definition) is 1. The van der Waals surface area contributed by atoms with Crippen molar-refractivity contribution in [3.63, 3.8) is 0 Å². The fourth-order valence-corrected chi connectivity index (χ4v) is 0.619. The lowest BCUT2D eigenvalue weighted by Gasteiger charge is -1.91. The predicted molar refractivity (Wildman–Crippen MR) is 40.5 cm³/mol. The third-order valence-electron chi connectivity index (χ3n) is 0.900. The smallest absolute Gasteiger partial charge is 0.0626 e. The van der Waals surface area contributed by atoms with Gasteiger partial charge in [-0.05, 0) is 18.9 Å².